The third-order valence-electron chi connectivity index (χ3n) is 4.76. The lowest BCUT2D eigenvalue weighted by Crippen LogP contribution is -2.32. The van der Waals surface area contributed by atoms with E-state index in [4.69, 9.17) is 10.5 Å². The molecule has 3 rings (SSSR count). The van der Waals surface area contributed by atoms with Crippen molar-refractivity contribution in [1.82, 2.24) is 0 Å². The lowest BCUT2D eigenvalue weighted by molar-refractivity contribution is 0.255. The van der Waals surface area contributed by atoms with E-state index in [0.717, 1.165) is 27.6 Å². The molecule has 0 saturated heterocycles. The summed E-state index contributed by atoms with van der Waals surface area (Å²) >= 11 is 3.60. The molecule has 0 bridgehead atoms. The third-order valence-corrected chi connectivity index (χ3v) is 5.22. The molecule has 31 heavy (non-hydrogen) atoms. The Bertz CT molecular complexity index is 1050. The van der Waals surface area contributed by atoms with Gasteiger partial charge in [-0.25, -0.2) is 4.79 Å². The van der Waals surface area contributed by atoms with Gasteiger partial charge in [-0.1, -0.05) is 83.0 Å². The highest BCUT2D eigenvalue weighted by Crippen LogP contribution is 2.40. The summed E-state index contributed by atoms with van der Waals surface area (Å²) in [4.78, 5) is 14.0. The number of hydrogen-bond acceptors (Lipinski definition) is 2. The van der Waals surface area contributed by atoms with Gasteiger partial charge in [-0.3, -0.25) is 4.90 Å². The Morgan fingerprint density at radius 2 is 1.81 bits per heavy atom. The Morgan fingerprint density at radius 1 is 1.10 bits per heavy atom. The molecule has 0 aliphatic rings. The van der Waals surface area contributed by atoms with Crippen molar-refractivity contribution in [3.05, 3.63) is 94.0 Å². The first-order valence-electron chi connectivity index (χ1n) is 10.3. The number of aryl methyl sites for hydroxylation is 1. The zero-order valence-corrected chi connectivity index (χ0v) is 19.4. The van der Waals surface area contributed by atoms with Crippen LogP contribution in [0.15, 0.2) is 77.3 Å². The minimum atomic E-state index is -0.561. The molecule has 5 heteroatoms. The predicted molar refractivity (Wildman–Crippen MR) is 132 cm³/mol. The number of rotatable bonds is 8. The summed E-state index contributed by atoms with van der Waals surface area (Å²) in [6.07, 6.45) is 5.69. The minimum Gasteiger partial charge on any atom is -0.491 e. The summed E-state index contributed by atoms with van der Waals surface area (Å²) < 4.78 is 7.00. The van der Waals surface area contributed by atoms with Gasteiger partial charge in [-0.05, 0) is 49.6 Å². The van der Waals surface area contributed by atoms with E-state index in [1.165, 1.54) is 4.90 Å². The number of anilines is 2. The number of halogens is 1. The van der Waals surface area contributed by atoms with E-state index >= 15 is 0 Å². The number of ether oxygens (including phenoxy) is 1. The van der Waals surface area contributed by atoms with Crippen molar-refractivity contribution < 1.29 is 9.53 Å². The molecule has 0 atom stereocenters. The molecule has 0 unspecified atom stereocenters. The summed E-state index contributed by atoms with van der Waals surface area (Å²) in [6, 6.07) is 21.2. The lowest BCUT2D eigenvalue weighted by Gasteiger charge is -2.25. The summed E-state index contributed by atoms with van der Waals surface area (Å²) in [7, 11) is 0. The van der Waals surface area contributed by atoms with Crippen molar-refractivity contribution in [3.8, 4) is 5.75 Å². The molecule has 0 spiro atoms. The van der Waals surface area contributed by atoms with Gasteiger partial charge in [0.2, 0.25) is 0 Å². The number of amides is 2. The summed E-state index contributed by atoms with van der Waals surface area (Å²) in [5, 5.41) is 0. The highest BCUT2D eigenvalue weighted by molar-refractivity contribution is 9.10. The second kappa shape index (κ2) is 10.8. The summed E-state index contributed by atoms with van der Waals surface area (Å²) in [5.41, 5.74) is 10.4. The largest absolute Gasteiger partial charge is 0.491 e. The van der Waals surface area contributed by atoms with E-state index in [-0.39, 0.29) is 0 Å². The maximum absolute atomic E-state index is 12.5. The molecule has 0 aromatic heterocycles. The van der Waals surface area contributed by atoms with Crippen LogP contribution in [0.2, 0.25) is 0 Å². The second-order valence-corrected chi connectivity index (χ2v) is 8.20. The van der Waals surface area contributed by atoms with Gasteiger partial charge in [-0.2, -0.15) is 0 Å². The maximum Gasteiger partial charge on any atom is 0.324 e. The zero-order chi connectivity index (χ0) is 22.2. The Balaban J connectivity index is 2.04. The smallest absolute Gasteiger partial charge is 0.324 e. The van der Waals surface area contributed by atoms with Crippen molar-refractivity contribution in [2.24, 2.45) is 5.73 Å². The van der Waals surface area contributed by atoms with E-state index < -0.39 is 6.03 Å². The van der Waals surface area contributed by atoms with Gasteiger partial charge in [-0.15, -0.1) is 0 Å². The molecule has 3 aromatic carbocycles. The minimum absolute atomic E-state index is 0.546. The number of allylic oxidation sites excluding steroid dienone is 1. The molecular weight excluding hydrogens is 452 g/mol. The Labute approximate surface area is 192 Å². The van der Waals surface area contributed by atoms with Crippen molar-refractivity contribution in [1.29, 1.82) is 0 Å². The first kappa shape index (κ1) is 22.6. The van der Waals surface area contributed by atoms with E-state index in [1.807, 2.05) is 61.5 Å². The molecule has 0 fully saturated rings. The van der Waals surface area contributed by atoms with Crippen LogP contribution in [0.1, 0.15) is 30.0 Å². The second-order valence-electron chi connectivity index (χ2n) is 7.29. The first-order chi connectivity index (χ1) is 15.0. The molecule has 0 heterocycles. The number of carbonyl (C=O) groups excluding carboxylic acids is 1. The lowest BCUT2D eigenvalue weighted by atomic mass is 10.1. The van der Waals surface area contributed by atoms with Crippen LogP contribution in [0.25, 0.3) is 6.08 Å². The molecule has 3 aromatic rings. The molecule has 0 aliphatic heterocycles. The van der Waals surface area contributed by atoms with Gasteiger partial charge in [0.05, 0.1) is 18.0 Å². The standard InChI is InChI=1S/C26H27BrN2O2/c1-3-16-31-25-21(11-7-10-20-8-5-4-6-9-20)17-22(27)18-24(25)29(26(28)30)23-14-12-19(2)13-15-23/h4-10,12-15,17-18H,3,11,16H2,1-2H3,(H2,28,30)/b10-7+. The average molecular weight is 479 g/mol. The maximum atomic E-state index is 12.5. The molecule has 0 aliphatic carbocycles. The third kappa shape index (κ3) is 5.98. The van der Waals surface area contributed by atoms with Gasteiger partial charge < -0.3 is 10.5 Å². The normalized spacial score (nSPS) is 10.9. The molecule has 0 radical (unpaired) electrons. The highest BCUT2D eigenvalue weighted by atomic mass is 79.9. The van der Waals surface area contributed by atoms with E-state index in [2.05, 4.69) is 47.1 Å². The van der Waals surface area contributed by atoms with Crippen LogP contribution >= 0.6 is 15.9 Å². The van der Waals surface area contributed by atoms with Crippen LogP contribution in [0.3, 0.4) is 0 Å². The van der Waals surface area contributed by atoms with Crippen molar-refractivity contribution in [2.75, 3.05) is 11.5 Å². The number of nitrogens with two attached hydrogens (primary N) is 1. The monoisotopic (exact) mass is 478 g/mol. The van der Waals surface area contributed by atoms with Gasteiger partial charge in [0.15, 0.2) is 0 Å². The van der Waals surface area contributed by atoms with Crippen LogP contribution < -0.4 is 15.4 Å². The quantitative estimate of drug-likeness (QED) is 0.378. The number of carbonyl (C=O) groups is 1. The molecule has 2 amide bonds. The SMILES string of the molecule is CCCOc1c(C/C=C/c2ccccc2)cc(Br)cc1N(C(N)=O)c1ccc(C)cc1. The predicted octanol–water partition coefficient (Wildman–Crippen LogP) is 7.02. The summed E-state index contributed by atoms with van der Waals surface area (Å²) in [5.74, 6) is 0.669. The number of urea groups is 1. The van der Waals surface area contributed by atoms with E-state index in [9.17, 15) is 4.79 Å². The number of hydrogen-bond donors (Lipinski definition) is 1. The average Bonchev–Trinajstić information content (AvgIpc) is 2.75. The fourth-order valence-corrected chi connectivity index (χ4v) is 3.78. The number of benzene rings is 3. The van der Waals surface area contributed by atoms with Crippen LogP contribution in [0, 0.1) is 6.92 Å². The van der Waals surface area contributed by atoms with Gasteiger partial charge in [0.1, 0.15) is 5.75 Å². The van der Waals surface area contributed by atoms with Crippen LogP contribution in [0.4, 0.5) is 16.2 Å². The fourth-order valence-electron chi connectivity index (χ4n) is 3.29. The molecule has 2 N–H and O–H groups in total. The van der Waals surface area contributed by atoms with Crippen molar-refractivity contribution in [2.45, 2.75) is 26.7 Å². The molecule has 160 valence electrons. The topological polar surface area (TPSA) is 55.6 Å². The molecule has 4 nitrogen and oxygen atoms in total. The first-order valence-corrected chi connectivity index (χ1v) is 11.1. The zero-order valence-electron chi connectivity index (χ0n) is 17.8. The Kier molecular flexibility index (Phi) is 7.90. The van der Waals surface area contributed by atoms with Crippen LogP contribution in [-0.2, 0) is 6.42 Å². The molecule has 0 saturated carbocycles. The fraction of sp³-hybridized carbons (Fsp3) is 0.192. The van der Waals surface area contributed by atoms with Crippen LogP contribution in [0.5, 0.6) is 5.75 Å². The van der Waals surface area contributed by atoms with E-state index in [1.54, 1.807) is 0 Å². The van der Waals surface area contributed by atoms with Crippen LogP contribution in [-0.4, -0.2) is 12.6 Å². The molecular formula is C26H27BrN2O2. The van der Waals surface area contributed by atoms with E-state index in [0.29, 0.717) is 30.2 Å². The van der Waals surface area contributed by atoms with Crippen molar-refractivity contribution in [3.63, 3.8) is 0 Å². The Morgan fingerprint density at radius 3 is 2.45 bits per heavy atom. The van der Waals surface area contributed by atoms with Gasteiger partial charge >= 0.3 is 6.03 Å². The van der Waals surface area contributed by atoms with Crippen molar-refractivity contribution >= 4 is 39.4 Å². The van der Waals surface area contributed by atoms with Gasteiger partial charge in [0.25, 0.3) is 0 Å². The number of nitrogens with zero attached hydrogens (tertiary/aromatic N) is 1. The van der Waals surface area contributed by atoms with Gasteiger partial charge in [0, 0.05) is 10.0 Å². The highest BCUT2D eigenvalue weighted by Gasteiger charge is 2.22. The Hall–Kier alpha value is -3.05. The number of primary amides is 1. The summed E-state index contributed by atoms with van der Waals surface area (Å²) in [6.45, 7) is 4.61.